The number of halogens is 2. The maximum absolute atomic E-state index is 11.0. The maximum atomic E-state index is 11.0. The summed E-state index contributed by atoms with van der Waals surface area (Å²) in [5, 5.41) is 9.54. The number of carboxylic acid groups (broad SMARTS) is 1. The molecule has 0 aromatic heterocycles. The van der Waals surface area contributed by atoms with E-state index in [1.807, 2.05) is 19.6 Å². The average Bonchev–Trinajstić information content (AvgIpc) is 2.07. The van der Waals surface area contributed by atoms with Gasteiger partial charge in [-0.15, -0.1) is 0 Å². The number of carboxylic acids is 1. The Hall–Kier alpha value is -0.713. The Labute approximate surface area is 105 Å². The molecule has 1 N–H and O–H groups in total. The van der Waals surface area contributed by atoms with E-state index in [0.717, 1.165) is 0 Å². The second-order valence-electron chi connectivity index (χ2n) is 4.28. The molecule has 6 heteroatoms. The van der Waals surface area contributed by atoms with Gasteiger partial charge >= 0.3 is 5.97 Å². The first kappa shape index (κ1) is 13.4. The molecule has 0 aliphatic rings. The van der Waals surface area contributed by atoms with E-state index in [1.54, 1.807) is 0 Å². The highest BCUT2D eigenvalue weighted by Gasteiger charge is 2.23. The summed E-state index contributed by atoms with van der Waals surface area (Å²) in [6.07, 6.45) is 0. The third kappa shape index (κ3) is 3.40. The zero-order chi connectivity index (χ0) is 12.5. The SMILES string of the molecule is C[Si](C)(C)Oc1c(Cl)cc(Cl)cc1C(=O)O. The predicted octanol–water partition coefficient (Wildman–Crippen LogP) is 3.91. The number of hydrogen-bond donors (Lipinski definition) is 1. The fourth-order valence-electron chi connectivity index (χ4n) is 1.13. The Morgan fingerprint density at radius 1 is 1.31 bits per heavy atom. The highest BCUT2D eigenvalue weighted by Crippen LogP contribution is 2.34. The lowest BCUT2D eigenvalue weighted by molar-refractivity contribution is 0.0695. The second kappa shape index (κ2) is 4.65. The molecule has 0 saturated heterocycles. The van der Waals surface area contributed by atoms with Crippen molar-refractivity contribution in [2.45, 2.75) is 19.6 Å². The van der Waals surface area contributed by atoms with Gasteiger partial charge in [0.1, 0.15) is 11.3 Å². The molecule has 1 aromatic carbocycles. The molecule has 0 aliphatic heterocycles. The lowest BCUT2D eigenvalue weighted by atomic mass is 10.2. The van der Waals surface area contributed by atoms with Crippen molar-refractivity contribution in [3.05, 3.63) is 27.7 Å². The third-order valence-electron chi connectivity index (χ3n) is 1.65. The van der Waals surface area contributed by atoms with Crippen LogP contribution in [0.5, 0.6) is 5.75 Å². The van der Waals surface area contributed by atoms with Crippen molar-refractivity contribution in [3.63, 3.8) is 0 Å². The van der Waals surface area contributed by atoms with Crippen molar-refractivity contribution >= 4 is 37.5 Å². The Morgan fingerprint density at radius 3 is 2.31 bits per heavy atom. The van der Waals surface area contributed by atoms with Crippen LogP contribution < -0.4 is 4.43 Å². The molecule has 16 heavy (non-hydrogen) atoms. The van der Waals surface area contributed by atoms with Crippen molar-refractivity contribution in [3.8, 4) is 5.75 Å². The van der Waals surface area contributed by atoms with E-state index in [2.05, 4.69) is 0 Å². The molecular formula is C10H12Cl2O3Si. The van der Waals surface area contributed by atoms with E-state index in [9.17, 15) is 4.79 Å². The quantitative estimate of drug-likeness (QED) is 0.853. The van der Waals surface area contributed by atoms with Gasteiger partial charge in [0.05, 0.1) is 5.02 Å². The Morgan fingerprint density at radius 2 is 1.88 bits per heavy atom. The Bertz CT molecular complexity index is 427. The first-order valence-electron chi connectivity index (χ1n) is 4.62. The van der Waals surface area contributed by atoms with Crippen molar-refractivity contribution in [1.29, 1.82) is 0 Å². The topological polar surface area (TPSA) is 46.5 Å². The molecule has 0 radical (unpaired) electrons. The summed E-state index contributed by atoms with van der Waals surface area (Å²) < 4.78 is 5.65. The van der Waals surface area contributed by atoms with Gasteiger partial charge in [-0.3, -0.25) is 0 Å². The number of benzene rings is 1. The second-order valence-corrected chi connectivity index (χ2v) is 9.56. The molecule has 0 spiro atoms. The van der Waals surface area contributed by atoms with Crippen LogP contribution in [0.1, 0.15) is 10.4 Å². The molecule has 0 heterocycles. The van der Waals surface area contributed by atoms with E-state index in [4.69, 9.17) is 32.7 Å². The molecule has 0 unspecified atom stereocenters. The van der Waals surface area contributed by atoms with Gasteiger partial charge in [-0.2, -0.15) is 0 Å². The number of aromatic carboxylic acids is 1. The fraction of sp³-hybridized carbons (Fsp3) is 0.300. The summed E-state index contributed by atoms with van der Waals surface area (Å²) in [5.74, 6) is -0.893. The van der Waals surface area contributed by atoms with Crippen LogP contribution in [0.3, 0.4) is 0 Å². The summed E-state index contributed by atoms with van der Waals surface area (Å²) in [6, 6.07) is 2.82. The molecule has 1 aromatic rings. The summed E-state index contributed by atoms with van der Waals surface area (Å²) in [4.78, 5) is 11.0. The van der Waals surface area contributed by atoms with Crippen LogP contribution in [0.25, 0.3) is 0 Å². The van der Waals surface area contributed by atoms with Crippen molar-refractivity contribution < 1.29 is 14.3 Å². The van der Waals surface area contributed by atoms with E-state index in [-0.39, 0.29) is 21.4 Å². The van der Waals surface area contributed by atoms with Crippen LogP contribution >= 0.6 is 23.2 Å². The molecule has 3 nitrogen and oxygen atoms in total. The molecule has 1 rings (SSSR count). The summed E-state index contributed by atoms with van der Waals surface area (Å²) in [7, 11) is -1.91. The lowest BCUT2D eigenvalue weighted by Gasteiger charge is -2.21. The Kier molecular flexibility index (Phi) is 3.88. The van der Waals surface area contributed by atoms with Crippen LogP contribution in [-0.2, 0) is 0 Å². The lowest BCUT2D eigenvalue weighted by Crippen LogP contribution is -2.30. The number of carbonyl (C=O) groups is 1. The van der Waals surface area contributed by atoms with Crippen LogP contribution in [0.2, 0.25) is 29.7 Å². The average molecular weight is 279 g/mol. The van der Waals surface area contributed by atoms with E-state index in [0.29, 0.717) is 0 Å². The minimum Gasteiger partial charge on any atom is -0.543 e. The molecule has 0 amide bonds. The molecular weight excluding hydrogens is 267 g/mol. The first-order chi connectivity index (χ1) is 7.20. The van der Waals surface area contributed by atoms with Gasteiger partial charge in [-0.1, -0.05) is 23.2 Å². The van der Waals surface area contributed by atoms with Crippen LogP contribution in [0.4, 0.5) is 0 Å². The van der Waals surface area contributed by atoms with Gasteiger partial charge in [0.2, 0.25) is 8.32 Å². The van der Waals surface area contributed by atoms with Gasteiger partial charge in [0.15, 0.2) is 0 Å². The van der Waals surface area contributed by atoms with Gasteiger partial charge in [0, 0.05) is 5.02 Å². The summed E-state index contributed by atoms with van der Waals surface area (Å²) in [6.45, 7) is 5.84. The molecule has 0 aliphatic carbocycles. The van der Waals surface area contributed by atoms with E-state index in [1.165, 1.54) is 12.1 Å². The first-order valence-corrected chi connectivity index (χ1v) is 8.78. The largest absolute Gasteiger partial charge is 0.543 e. The highest BCUT2D eigenvalue weighted by atomic mass is 35.5. The van der Waals surface area contributed by atoms with Crippen LogP contribution in [0.15, 0.2) is 12.1 Å². The van der Waals surface area contributed by atoms with E-state index < -0.39 is 14.3 Å². The number of hydrogen-bond acceptors (Lipinski definition) is 2. The van der Waals surface area contributed by atoms with Gasteiger partial charge in [-0.05, 0) is 31.8 Å². The van der Waals surface area contributed by atoms with E-state index >= 15 is 0 Å². The standard InChI is InChI=1S/C10H12Cl2O3Si/c1-16(2,3)15-9-7(10(13)14)4-6(11)5-8(9)12/h4-5H,1-3H3,(H,13,14). The molecule has 0 atom stereocenters. The van der Waals surface area contributed by atoms with Gasteiger partial charge in [0.25, 0.3) is 0 Å². The minimum atomic E-state index is -1.91. The van der Waals surface area contributed by atoms with Crippen molar-refractivity contribution in [1.82, 2.24) is 0 Å². The van der Waals surface area contributed by atoms with Crippen LogP contribution in [-0.4, -0.2) is 19.4 Å². The predicted molar refractivity (Wildman–Crippen MR) is 67.4 cm³/mol. The van der Waals surface area contributed by atoms with Gasteiger partial charge < -0.3 is 9.53 Å². The Balaban J connectivity index is 3.30. The summed E-state index contributed by atoms with van der Waals surface area (Å²) in [5.41, 5.74) is -0.0000694. The molecule has 0 bridgehead atoms. The zero-order valence-electron chi connectivity index (χ0n) is 9.17. The maximum Gasteiger partial charge on any atom is 0.339 e. The minimum absolute atomic E-state index is 0.0000694. The van der Waals surface area contributed by atoms with Crippen molar-refractivity contribution in [2.24, 2.45) is 0 Å². The smallest absolute Gasteiger partial charge is 0.339 e. The zero-order valence-corrected chi connectivity index (χ0v) is 11.7. The molecule has 0 fully saturated rings. The van der Waals surface area contributed by atoms with Gasteiger partial charge in [-0.25, -0.2) is 4.79 Å². The molecule has 0 saturated carbocycles. The monoisotopic (exact) mass is 278 g/mol. The van der Waals surface area contributed by atoms with Crippen molar-refractivity contribution in [2.75, 3.05) is 0 Å². The van der Waals surface area contributed by atoms with Crippen LogP contribution in [0, 0.1) is 0 Å². The molecule has 88 valence electrons. The number of rotatable bonds is 3. The summed E-state index contributed by atoms with van der Waals surface area (Å²) >= 11 is 11.7. The normalized spacial score (nSPS) is 11.3. The highest BCUT2D eigenvalue weighted by molar-refractivity contribution is 6.70. The third-order valence-corrected chi connectivity index (χ3v) is 2.96. The fourth-order valence-corrected chi connectivity index (χ4v) is 2.56.